The van der Waals surface area contributed by atoms with Crippen LogP contribution in [0.1, 0.15) is 29.7 Å². The van der Waals surface area contributed by atoms with Gasteiger partial charge >= 0.3 is 0 Å². The molecule has 0 bridgehead atoms. The van der Waals surface area contributed by atoms with Crippen LogP contribution in [0.4, 0.5) is 0 Å². The zero-order valence-corrected chi connectivity index (χ0v) is 12.8. The topological polar surface area (TPSA) is 26.0 Å². The molecule has 0 aliphatic rings. The molecule has 2 N–H and O–H groups in total. The van der Waals surface area contributed by atoms with Gasteiger partial charge in [0.25, 0.3) is 0 Å². The van der Waals surface area contributed by atoms with Gasteiger partial charge < -0.3 is 5.73 Å². The third kappa shape index (κ3) is 3.75. The first-order valence-electron chi connectivity index (χ1n) is 6.30. The molecule has 0 unspecified atom stereocenters. The van der Waals surface area contributed by atoms with Gasteiger partial charge in [-0.05, 0) is 42.7 Å². The number of benzene rings is 2. The van der Waals surface area contributed by atoms with Crippen molar-refractivity contribution in [3.8, 4) is 0 Å². The van der Waals surface area contributed by atoms with Gasteiger partial charge in [0.2, 0.25) is 0 Å². The Balaban J connectivity index is 2.10. The Morgan fingerprint density at radius 1 is 1.21 bits per heavy atom. The lowest BCUT2D eigenvalue weighted by molar-refractivity contribution is 0.817. The highest BCUT2D eigenvalue weighted by Crippen LogP contribution is 2.32. The second-order valence-corrected chi connectivity index (χ2v) is 6.12. The Labute approximate surface area is 124 Å². The molecule has 3 heteroatoms. The quantitative estimate of drug-likeness (QED) is 0.806. The lowest BCUT2D eigenvalue weighted by Crippen LogP contribution is -2.04. The second kappa shape index (κ2) is 6.47. The largest absolute Gasteiger partial charge is 0.324 e. The molecule has 0 radical (unpaired) electrons. The molecule has 1 atom stereocenters. The van der Waals surface area contributed by atoms with E-state index in [0.717, 1.165) is 21.2 Å². The minimum absolute atomic E-state index is 0.0212. The van der Waals surface area contributed by atoms with E-state index in [0.29, 0.717) is 0 Å². The minimum atomic E-state index is 0.0212. The standard InChI is InChI=1S/C16H18ClNS/c1-11-5-3-4-6-14(11)10-19-16-8-7-13(12(2)18)9-15(16)17/h3-9,12H,10,18H2,1-2H3/t12-/m0/s1. The highest BCUT2D eigenvalue weighted by atomic mass is 35.5. The van der Waals surface area contributed by atoms with Crippen molar-refractivity contribution >= 4 is 23.4 Å². The molecule has 0 fully saturated rings. The Morgan fingerprint density at radius 2 is 1.95 bits per heavy atom. The van der Waals surface area contributed by atoms with Crippen LogP contribution in [0.25, 0.3) is 0 Å². The van der Waals surface area contributed by atoms with E-state index in [1.54, 1.807) is 11.8 Å². The van der Waals surface area contributed by atoms with E-state index in [-0.39, 0.29) is 6.04 Å². The Kier molecular flexibility index (Phi) is 4.92. The SMILES string of the molecule is Cc1ccccc1CSc1ccc([C@H](C)N)cc1Cl. The summed E-state index contributed by atoms with van der Waals surface area (Å²) in [7, 11) is 0. The van der Waals surface area contributed by atoms with Crippen LogP contribution in [0.5, 0.6) is 0 Å². The summed E-state index contributed by atoms with van der Waals surface area (Å²) in [6, 6.07) is 14.5. The maximum absolute atomic E-state index is 6.30. The van der Waals surface area contributed by atoms with Gasteiger partial charge in [-0.2, -0.15) is 0 Å². The zero-order chi connectivity index (χ0) is 13.8. The molecule has 0 saturated heterocycles. The van der Waals surface area contributed by atoms with Crippen molar-refractivity contribution in [1.82, 2.24) is 0 Å². The van der Waals surface area contributed by atoms with E-state index in [2.05, 4.69) is 43.3 Å². The summed E-state index contributed by atoms with van der Waals surface area (Å²) in [4.78, 5) is 1.11. The molecule has 0 aliphatic carbocycles. The molecule has 0 amide bonds. The molecule has 1 nitrogen and oxygen atoms in total. The predicted molar refractivity (Wildman–Crippen MR) is 84.8 cm³/mol. The van der Waals surface area contributed by atoms with Crippen molar-refractivity contribution in [2.24, 2.45) is 5.73 Å². The first-order valence-corrected chi connectivity index (χ1v) is 7.66. The van der Waals surface area contributed by atoms with Crippen molar-refractivity contribution in [2.75, 3.05) is 0 Å². The van der Waals surface area contributed by atoms with Crippen molar-refractivity contribution in [3.63, 3.8) is 0 Å². The predicted octanol–water partition coefficient (Wildman–Crippen LogP) is 4.96. The fraction of sp³-hybridized carbons (Fsp3) is 0.250. The molecule has 2 aromatic carbocycles. The van der Waals surface area contributed by atoms with Gasteiger partial charge in [0.15, 0.2) is 0 Å². The number of aryl methyl sites for hydroxylation is 1. The summed E-state index contributed by atoms with van der Waals surface area (Å²) in [6.07, 6.45) is 0. The highest BCUT2D eigenvalue weighted by molar-refractivity contribution is 7.98. The van der Waals surface area contributed by atoms with Crippen LogP contribution >= 0.6 is 23.4 Å². The molecule has 0 spiro atoms. The number of hydrogen-bond donors (Lipinski definition) is 1. The smallest absolute Gasteiger partial charge is 0.0545 e. The van der Waals surface area contributed by atoms with E-state index in [1.807, 2.05) is 13.0 Å². The molecule has 19 heavy (non-hydrogen) atoms. The van der Waals surface area contributed by atoms with Gasteiger partial charge in [-0.1, -0.05) is 41.9 Å². The van der Waals surface area contributed by atoms with E-state index in [9.17, 15) is 0 Å². The first kappa shape index (κ1) is 14.4. The summed E-state index contributed by atoms with van der Waals surface area (Å²) in [6.45, 7) is 4.10. The maximum atomic E-state index is 6.30. The zero-order valence-electron chi connectivity index (χ0n) is 11.2. The highest BCUT2D eigenvalue weighted by Gasteiger charge is 2.06. The van der Waals surface area contributed by atoms with Crippen LogP contribution < -0.4 is 5.73 Å². The molecular weight excluding hydrogens is 274 g/mol. The van der Waals surface area contributed by atoms with E-state index in [4.69, 9.17) is 17.3 Å². The molecular formula is C16H18ClNS. The van der Waals surface area contributed by atoms with Crippen molar-refractivity contribution in [2.45, 2.75) is 30.5 Å². The van der Waals surface area contributed by atoms with E-state index < -0.39 is 0 Å². The number of halogens is 1. The first-order chi connectivity index (χ1) is 9.08. The Hall–Kier alpha value is -0.960. The number of nitrogens with two attached hydrogens (primary N) is 1. The second-order valence-electron chi connectivity index (χ2n) is 4.69. The summed E-state index contributed by atoms with van der Waals surface area (Å²) >= 11 is 8.07. The Morgan fingerprint density at radius 3 is 2.58 bits per heavy atom. The van der Waals surface area contributed by atoms with E-state index >= 15 is 0 Å². The third-order valence-corrected chi connectivity index (χ3v) is 4.67. The summed E-state index contributed by atoms with van der Waals surface area (Å²) < 4.78 is 0. The van der Waals surface area contributed by atoms with Gasteiger partial charge in [0.1, 0.15) is 0 Å². The average molecular weight is 292 g/mol. The van der Waals surface area contributed by atoms with E-state index in [1.165, 1.54) is 11.1 Å². The van der Waals surface area contributed by atoms with Gasteiger partial charge in [-0.15, -0.1) is 11.8 Å². The van der Waals surface area contributed by atoms with Crippen molar-refractivity contribution in [1.29, 1.82) is 0 Å². The lowest BCUT2D eigenvalue weighted by Gasteiger charge is -2.10. The number of thioether (sulfide) groups is 1. The average Bonchev–Trinajstić information content (AvgIpc) is 2.39. The molecule has 2 rings (SSSR count). The van der Waals surface area contributed by atoms with Gasteiger partial charge in [-0.25, -0.2) is 0 Å². The lowest BCUT2D eigenvalue weighted by atomic mass is 10.1. The van der Waals surface area contributed by atoms with Crippen LogP contribution in [-0.2, 0) is 5.75 Å². The molecule has 100 valence electrons. The monoisotopic (exact) mass is 291 g/mol. The van der Waals surface area contributed by atoms with Crippen LogP contribution in [0.3, 0.4) is 0 Å². The van der Waals surface area contributed by atoms with Gasteiger partial charge in [0, 0.05) is 16.7 Å². The van der Waals surface area contributed by atoms with Crippen LogP contribution in [0, 0.1) is 6.92 Å². The van der Waals surface area contributed by atoms with Crippen LogP contribution in [0.2, 0.25) is 5.02 Å². The number of hydrogen-bond acceptors (Lipinski definition) is 2. The number of rotatable bonds is 4. The maximum Gasteiger partial charge on any atom is 0.0545 e. The minimum Gasteiger partial charge on any atom is -0.324 e. The third-order valence-electron chi connectivity index (χ3n) is 3.13. The summed E-state index contributed by atoms with van der Waals surface area (Å²) in [5.74, 6) is 0.934. The molecule has 2 aromatic rings. The molecule has 0 saturated carbocycles. The normalized spacial score (nSPS) is 12.4. The fourth-order valence-corrected chi connectivity index (χ4v) is 3.19. The molecule has 0 aliphatic heterocycles. The Bertz CT molecular complexity index is 566. The molecule has 0 heterocycles. The van der Waals surface area contributed by atoms with Crippen molar-refractivity contribution < 1.29 is 0 Å². The van der Waals surface area contributed by atoms with Gasteiger partial charge in [0.05, 0.1) is 5.02 Å². The van der Waals surface area contributed by atoms with Crippen LogP contribution in [0.15, 0.2) is 47.4 Å². The fourth-order valence-electron chi connectivity index (χ4n) is 1.84. The molecule has 0 aromatic heterocycles. The van der Waals surface area contributed by atoms with Crippen LogP contribution in [-0.4, -0.2) is 0 Å². The van der Waals surface area contributed by atoms with Crippen molar-refractivity contribution in [3.05, 3.63) is 64.2 Å². The van der Waals surface area contributed by atoms with Gasteiger partial charge in [-0.3, -0.25) is 0 Å². The summed E-state index contributed by atoms with van der Waals surface area (Å²) in [5.41, 5.74) is 9.59. The summed E-state index contributed by atoms with van der Waals surface area (Å²) in [5, 5.41) is 0.786.